The van der Waals surface area contributed by atoms with Gasteiger partial charge in [0.05, 0.1) is 22.7 Å². The van der Waals surface area contributed by atoms with E-state index in [2.05, 4.69) is 23.8 Å². The maximum atomic E-state index is 13.0. The van der Waals surface area contributed by atoms with E-state index in [1.165, 1.54) is 0 Å². The standard InChI is InChI=1S/C26H35ClN6O/c1-5-10-19(2)22-29-23(21-17-28-33(24(21)30-22)20-11-7-6-8-12-20)31-13-9-14-32(16-15-31)25(34)26(3,4)18-27/h6-8,11-12,17,19H,5,9-10,13-16,18H2,1-4H3. The van der Waals surface area contributed by atoms with Crippen LogP contribution >= 0.6 is 11.6 Å². The number of para-hydroxylation sites is 1. The predicted octanol–water partition coefficient (Wildman–Crippen LogP) is 5.02. The van der Waals surface area contributed by atoms with Crippen molar-refractivity contribution < 1.29 is 4.79 Å². The number of carbonyl (C=O) groups is 1. The second-order valence-electron chi connectivity index (χ2n) is 9.87. The molecule has 34 heavy (non-hydrogen) atoms. The van der Waals surface area contributed by atoms with E-state index in [4.69, 9.17) is 21.6 Å². The second kappa shape index (κ2) is 10.3. The summed E-state index contributed by atoms with van der Waals surface area (Å²) in [6.07, 6.45) is 4.85. The molecule has 4 rings (SSSR count). The third-order valence-electron chi connectivity index (χ3n) is 6.58. The van der Waals surface area contributed by atoms with E-state index in [9.17, 15) is 4.79 Å². The quantitative estimate of drug-likeness (QED) is 0.442. The van der Waals surface area contributed by atoms with Gasteiger partial charge in [-0.05, 0) is 38.8 Å². The molecule has 3 heterocycles. The van der Waals surface area contributed by atoms with Crippen LogP contribution in [0.3, 0.4) is 0 Å². The Labute approximate surface area is 207 Å². The third kappa shape index (κ3) is 4.90. The number of rotatable bonds is 7. The van der Waals surface area contributed by atoms with Crippen LogP contribution in [0.2, 0.25) is 0 Å². The average Bonchev–Trinajstić information content (AvgIpc) is 3.13. The molecule has 0 bridgehead atoms. The number of amides is 1. The number of halogens is 1. The van der Waals surface area contributed by atoms with Crippen LogP contribution < -0.4 is 4.90 Å². The molecule has 1 aliphatic rings. The smallest absolute Gasteiger partial charge is 0.229 e. The largest absolute Gasteiger partial charge is 0.354 e. The van der Waals surface area contributed by atoms with E-state index in [-0.39, 0.29) is 11.8 Å². The Bertz CT molecular complexity index is 1130. The number of hydrogen-bond acceptors (Lipinski definition) is 5. The van der Waals surface area contributed by atoms with Gasteiger partial charge in [-0.25, -0.2) is 14.6 Å². The molecule has 1 aliphatic heterocycles. The Morgan fingerprint density at radius 3 is 2.59 bits per heavy atom. The summed E-state index contributed by atoms with van der Waals surface area (Å²) in [6.45, 7) is 11.1. The Kier molecular flexibility index (Phi) is 7.41. The fourth-order valence-electron chi connectivity index (χ4n) is 4.51. The molecule has 0 N–H and O–H groups in total. The van der Waals surface area contributed by atoms with E-state index in [1.54, 1.807) is 0 Å². The zero-order valence-electron chi connectivity index (χ0n) is 20.7. The Hall–Kier alpha value is -2.67. The molecular weight excluding hydrogens is 448 g/mol. The van der Waals surface area contributed by atoms with Crippen LogP contribution in [0.4, 0.5) is 5.82 Å². The molecular formula is C26H35ClN6O. The van der Waals surface area contributed by atoms with E-state index < -0.39 is 5.41 Å². The Morgan fingerprint density at radius 1 is 1.12 bits per heavy atom. The molecule has 2 aromatic heterocycles. The van der Waals surface area contributed by atoms with Gasteiger partial charge in [0.25, 0.3) is 0 Å². The summed E-state index contributed by atoms with van der Waals surface area (Å²) in [4.78, 5) is 27.3. The van der Waals surface area contributed by atoms with Crippen molar-refractivity contribution in [2.45, 2.75) is 52.9 Å². The number of anilines is 1. The summed E-state index contributed by atoms with van der Waals surface area (Å²) < 4.78 is 1.90. The van der Waals surface area contributed by atoms with Crippen molar-refractivity contribution >= 4 is 34.4 Å². The van der Waals surface area contributed by atoms with Gasteiger partial charge in [0.15, 0.2) is 5.65 Å². The van der Waals surface area contributed by atoms with Crippen LogP contribution in [-0.2, 0) is 4.79 Å². The van der Waals surface area contributed by atoms with E-state index in [0.717, 1.165) is 60.7 Å². The average molecular weight is 483 g/mol. The molecule has 0 spiro atoms. The normalized spacial score (nSPS) is 16.0. The summed E-state index contributed by atoms with van der Waals surface area (Å²) in [7, 11) is 0. The Morgan fingerprint density at radius 2 is 1.88 bits per heavy atom. The lowest BCUT2D eigenvalue weighted by molar-refractivity contribution is -0.139. The maximum absolute atomic E-state index is 13.0. The number of carbonyl (C=O) groups excluding carboxylic acids is 1. The number of hydrogen-bond donors (Lipinski definition) is 0. The molecule has 1 atom stereocenters. The highest BCUT2D eigenvalue weighted by Crippen LogP contribution is 2.30. The van der Waals surface area contributed by atoms with Gasteiger partial charge in [0, 0.05) is 38.0 Å². The summed E-state index contributed by atoms with van der Waals surface area (Å²) in [5.41, 5.74) is 1.25. The minimum absolute atomic E-state index is 0.117. The first-order valence-electron chi connectivity index (χ1n) is 12.3. The number of alkyl halides is 1. The van der Waals surface area contributed by atoms with Gasteiger partial charge in [-0.15, -0.1) is 11.6 Å². The molecule has 7 nitrogen and oxygen atoms in total. The highest BCUT2D eigenvalue weighted by molar-refractivity contribution is 6.19. The molecule has 0 aliphatic carbocycles. The van der Waals surface area contributed by atoms with Crippen molar-refractivity contribution in [3.63, 3.8) is 0 Å². The lowest BCUT2D eigenvalue weighted by Gasteiger charge is -2.30. The van der Waals surface area contributed by atoms with Gasteiger partial charge < -0.3 is 9.80 Å². The summed E-state index contributed by atoms with van der Waals surface area (Å²) in [5, 5.41) is 5.63. The van der Waals surface area contributed by atoms with E-state index in [1.807, 2.05) is 60.0 Å². The van der Waals surface area contributed by atoms with E-state index >= 15 is 0 Å². The molecule has 3 aromatic rings. The molecule has 1 amide bonds. The van der Waals surface area contributed by atoms with Gasteiger partial charge in [-0.3, -0.25) is 4.79 Å². The summed E-state index contributed by atoms with van der Waals surface area (Å²) >= 11 is 6.08. The summed E-state index contributed by atoms with van der Waals surface area (Å²) in [5.74, 6) is 2.45. The fraction of sp³-hybridized carbons (Fsp3) is 0.538. The molecule has 0 radical (unpaired) electrons. The minimum atomic E-state index is -0.557. The number of nitrogens with zero attached hydrogens (tertiary/aromatic N) is 6. The predicted molar refractivity (Wildman–Crippen MR) is 138 cm³/mol. The highest BCUT2D eigenvalue weighted by atomic mass is 35.5. The lowest BCUT2D eigenvalue weighted by atomic mass is 9.94. The van der Waals surface area contributed by atoms with Gasteiger partial charge in [0.2, 0.25) is 5.91 Å². The first-order valence-corrected chi connectivity index (χ1v) is 12.8. The highest BCUT2D eigenvalue weighted by Gasteiger charge is 2.32. The fourth-order valence-corrected chi connectivity index (χ4v) is 4.62. The van der Waals surface area contributed by atoms with Gasteiger partial charge in [-0.2, -0.15) is 5.10 Å². The topological polar surface area (TPSA) is 67.2 Å². The molecule has 1 aromatic carbocycles. The first kappa shape index (κ1) is 24.5. The SMILES string of the molecule is CCCC(C)c1nc(N2CCCN(C(=O)C(C)(C)CCl)CC2)c2cnn(-c3ccccc3)c2n1. The van der Waals surface area contributed by atoms with Gasteiger partial charge in [-0.1, -0.05) is 38.5 Å². The molecule has 0 saturated carbocycles. The van der Waals surface area contributed by atoms with Crippen LogP contribution in [0.25, 0.3) is 16.7 Å². The molecule has 1 saturated heterocycles. The zero-order valence-corrected chi connectivity index (χ0v) is 21.4. The van der Waals surface area contributed by atoms with Crippen molar-refractivity contribution in [1.82, 2.24) is 24.6 Å². The minimum Gasteiger partial charge on any atom is -0.354 e. The number of fused-ring (bicyclic) bond motifs is 1. The van der Waals surface area contributed by atoms with Crippen molar-refractivity contribution in [3.8, 4) is 5.69 Å². The molecule has 182 valence electrons. The van der Waals surface area contributed by atoms with Crippen molar-refractivity contribution in [1.29, 1.82) is 0 Å². The van der Waals surface area contributed by atoms with Gasteiger partial charge >= 0.3 is 0 Å². The van der Waals surface area contributed by atoms with Crippen LogP contribution in [0, 0.1) is 5.41 Å². The number of aromatic nitrogens is 4. The maximum Gasteiger partial charge on any atom is 0.229 e. The zero-order chi connectivity index (χ0) is 24.3. The van der Waals surface area contributed by atoms with Crippen LogP contribution in [-0.4, -0.2) is 62.6 Å². The van der Waals surface area contributed by atoms with Crippen LogP contribution in [0.5, 0.6) is 0 Å². The monoisotopic (exact) mass is 482 g/mol. The summed E-state index contributed by atoms with van der Waals surface area (Å²) in [6, 6.07) is 10.1. The van der Waals surface area contributed by atoms with Crippen molar-refractivity contribution in [3.05, 3.63) is 42.4 Å². The van der Waals surface area contributed by atoms with Crippen molar-refractivity contribution in [2.24, 2.45) is 5.41 Å². The molecule has 1 unspecified atom stereocenters. The first-order chi connectivity index (χ1) is 16.4. The van der Waals surface area contributed by atoms with Gasteiger partial charge in [0.1, 0.15) is 11.6 Å². The Balaban J connectivity index is 1.71. The van der Waals surface area contributed by atoms with Crippen molar-refractivity contribution in [2.75, 3.05) is 37.0 Å². The molecule has 8 heteroatoms. The number of benzene rings is 1. The third-order valence-corrected chi connectivity index (χ3v) is 7.25. The van der Waals surface area contributed by atoms with E-state index in [0.29, 0.717) is 19.0 Å². The molecule has 1 fully saturated rings. The second-order valence-corrected chi connectivity index (χ2v) is 10.1. The van der Waals surface area contributed by atoms with Crippen LogP contribution in [0.15, 0.2) is 36.5 Å². The lowest BCUT2D eigenvalue weighted by Crippen LogP contribution is -2.43. The van der Waals surface area contributed by atoms with Crippen LogP contribution in [0.1, 0.15) is 58.7 Å².